The van der Waals surface area contributed by atoms with E-state index in [9.17, 15) is 0 Å². The van der Waals surface area contributed by atoms with Crippen LogP contribution in [0.2, 0.25) is 5.02 Å². The van der Waals surface area contributed by atoms with Crippen LogP contribution in [0, 0.1) is 37.5 Å². The van der Waals surface area contributed by atoms with Crippen LogP contribution >= 0.6 is 11.6 Å². The van der Waals surface area contributed by atoms with Crippen molar-refractivity contribution in [3.8, 4) is 17.0 Å². The number of nitrogens with zero attached hydrogens (tertiary/aromatic N) is 2. The molecule has 2 heterocycles. The maximum Gasteiger partial charge on any atom is 0.133 e. The van der Waals surface area contributed by atoms with E-state index in [-0.39, 0.29) is 0 Å². The third kappa shape index (κ3) is 4.12. The summed E-state index contributed by atoms with van der Waals surface area (Å²) in [6, 6.07) is 18.9. The average Bonchev–Trinajstić information content (AvgIpc) is 2.89. The van der Waals surface area contributed by atoms with Gasteiger partial charge in [0.05, 0.1) is 22.3 Å². The van der Waals surface area contributed by atoms with Gasteiger partial charge in [-0.3, -0.25) is 4.98 Å². The maximum atomic E-state index is 7.10. The van der Waals surface area contributed by atoms with Crippen molar-refractivity contribution in [3.05, 3.63) is 88.2 Å². The summed E-state index contributed by atoms with van der Waals surface area (Å²) in [6.07, 6.45) is 8.90. The van der Waals surface area contributed by atoms with Crippen LogP contribution in [0.1, 0.15) is 60.4 Å². The van der Waals surface area contributed by atoms with Crippen molar-refractivity contribution in [2.45, 2.75) is 58.5 Å². The third-order valence-corrected chi connectivity index (χ3v) is 9.64. The molecule has 4 heteroatoms. The first-order valence-electron chi connectivity index (χ1n) is 13.8. The molecule has 0 N–H and O–H groups in total. The highest BCUT2D eigenvalue weighted by Crippen LogP contribution is 2.60. The molecule has 0 radical (unpaired) electrons. The molecule has 0 aliphatic heterocycles. The van der Waals surface area contributed by atoms with Gasteiger partial charge < -0.3 is 4.74 Å². The van der Waals surface area contributed by atoms with Crippen molar-refractivity contribution < 1.29 is 4.74 Å². The number of ether oxygens (including phenoxy) is 1. The van der Waals surface area contributed by atoms with Gasteiger partial charge in [0, 0.05) is 22.8 Å². The number of aryl methyl sites for hydroxylation is 2. The third-order valence-electron chi connectivity index (χ3n) is 9.32. The van der Waals surface area contributed by atoms with Gasteiger partial charge in [0.2, 0.25) is 0 Å². The van der Waals surface area contributed by atoms with Crippen molar-refractivity contribution in [2.24, 2.45) is 23.7 Å². The van der Waals surface area contributed by atoms with Gasteiger partial charge >= 0.3 is 0 Å². The van der Waals surface area contributed by atoms with Gasteiger partial charge in [-0.1, -0.05) is 48.0 Å². The highest BCUT2D eigenvalue weighted by Gasteiger charge is 2.49. The van der Waals surface area contributed by atoms with Crippen molar-refractivity contribution in [2.75, 3.05) is 0 Å². The summed E-state index contributed by atoms with van der Waals surface area (Å²) in [5, 5.41) is 1.87. The molecule has 3 nitrogen and oxygen atoms in total. The molecule has 4 aliphatic rings. The fourth-order valence-electron chi connectivity index (χ4n) is 7.96. The molecule has 4 saturated carbocycles. The van der Waals surface area contributed by atoms with E-state index >= 15 is 0 Å². The molecule has 4 aliphatic carbocycles. The molecular formula is C33H33ClN2O. The quantitative estimate of drug-likeness (QED) is 0.270. The first-order valence-corrected chi connectivity index (χ1v) is 14.1. The monoisotopic (exact) mass is 508 g/mol. The van der Waals surface area contributed by atoms with Crippen LogP contribution in [0.3, 0.4) is 0 Å². The molecule has 8 rings (SSSR count). The molecule has 37 heavy (non-hydrogen) atoms. The Hall–Kier alpha value is -2.91. The second-order valence-corrected chi connectivity index (χ2v) is 12.1. The lowest BCUT2D eigenvalue weighted by molar-refractivity contribution is -0.00275. The number of hydrogen-bond donors (Lipinski definition) is 0. The molecule has 2 aromatic heterocycles. The standard InChI is InChI=1S/C33H33ClN2O/c1-19-10-27(33-24-12-22-11-23(14-24)15-25(33)13-22)28(34)16-26(19)30-17-31(37-18-21-6-4-3-5-7-21)32-20(2)35-9-8-29(32)36-30/h3-10,16-17,22-25,33H,11-15,18H2,1-2H3. The van der Waals surface area contributed by atoms with E-state index < -0.39 is 0 Å². The Labute approximate surface area is 224 Å². The number of hydrogen-bond acceptors (Lipinski definition) is 3. The van der Waals surface area contributed by atoms with Gasteiger partial charge in [0.15, 0.2) is 0 Å². The van der Waals surface area contributed by atoms with Gasteiger partial charge in [-0.2, -0.15) is 0 Å². The molecule has 188 valence electrons. The SMILES string of the molecule is Cc1cc(C2C3CC4CC(C3)CC2C4)c(Cl)cc1-c1cc(OCc2ccccc2)c2c(C)nccc2n1. The van der Waals surface area contributed by atoms with E-state index in [1.54, 1.807) is 0 Å². The predicted octanol–water partition coefficient (Wildman–Crippen LogP) is 8.69. The summed E-state index contributed by atoms with van der Waals surface area (Å²) in [7, 11) is 0. The van der Waals surface area contributed by atoms with Gasteiger partial charge in [-0.15, -0.1) is 0 Å². The number of fused-ring (bicyclic) bond motifs is 1. The summed E-state index contributed by atoms with van der Waals surface area (Å²) in [5.41, 5.74) is 7.55. The lowest BCUT2D eigenvalue weighted by Crippen LogP contribution is -2.43. The van der Waals surface area contributed by atoms with Crippen LogP contribution in [0.4, 0.5) is 0 Å². The van der Waals surface area contributed by atoms with E-state index in [0.717, 1.165) is 67.9 Å². The summed E-state index contributed by atoms with van der Waals surface area (Å²) in [6.45, 7) is 4.72. The number of halogens is 1. The van der Waals surface area contributed by atoms with Crippen LogP contribution in [0.25, 0.3) is 22.2 Å². The lowest BCUT2D eigenvalue weighted by atomic mass is 9.50. The minimum absolute atomic E-state index is 0.499. The van der Waals surface area contributed by atoms with E-state index in [1.165, 1.54) is 43.2 Å². The number of benzene rings is 2. The van der Waals surface area contributed by atoms with Gasteiger partial charge in [-0.05, 0) is 104 Å². The largest absolute Gasteiger partial charge is 0.488 e. The molecule has 4 fully saturated rings. The molecule has 4 bridgehead atoms. The smallest absolute Gasteiger partial charge is 0.133 e. The summed E-state index contributed by atoms with van der Waals surface area (Å²) < 4.78 is 6.39. The highest BCUT2D eigenvalue weighted by atomic mass is 35.5. The zero-order chi connectivity index (χ0) is 25.1. The van der Waals surface area contributed by atoms with E-state index in [4.69, 9.17) is 21.3 Å². The minimum Gasteiger partial charge on any atom is -0.488 e. The Kier molecular flexibility index (Phi) is 5.73. The summed E-state index contributed by atoms with van der Waals surface area (Å²) in [4.78, 5) is 9.58. The minimum atomic E-state index is 0.499. The van der Waals surface area contributed by atoms with Crippen LogP contribution in [0.15, 0.2) is 60.8 Å². The lowest BCUT2D eigenvalue weighted by Gasteiger charge is -2.54. The predicted molar refractivity (Wildman–Crippen MR) is 150 cm³/mol. The maximum absolute atomic E-state index is 7.10. The molecule has 0 saturated heterocycles. The normalized spacial score (nSPS) is 26.1. The Morgan fingerprint density at radius 3 is 2.35 bits per heavy atom. The fraction of sp³-hybridized carbons (Fsp3) is 0.394. The molecule has 0 unspecified atom stereocenters. The van der Waals surface area contributed by atoms with Crippen molar-refractivity contribution in [1.82, 2.24) is 9.97 Å². The van der Waals surface area contributed by atoms with Crippen LogP contribution in [-0.2, 0) is 6.61 Å². The molecule has 0 atom stereocenters. The molecule has 2 aromatic carbocycles. The second kappa shape index (κ2) is 9.13. The second-order valence-electron chi connectivity index (χ2n) is 11.7. The topological polar surface area (TPSA) is 35.0 Å². The first-order chi connectivity index (χ1) is 18.0. The van der Waals surface area contributed by atoms with E-state index in [0.29, 0.717) is 12.5 Å². The van der Waals surface area contributed by atoms with Crippen LogP contribution in [-0.4, -0.2) is 9.97 Å². The summed E-state index contributed by atoms with van der Waals surface area (Å²) >= 11 is 7.10. The van der Waals surface area contributed by atoms with Crippen molar-refractivity contribution in [3.63, 3.8) is 0 Å². The average molecular weight is 509 g/mol. The Bertz CT molecular complexity index is 1450. The number of rotatable bonds is 5. The molecule has 4 aromatic rings. The number of aromatic nitrogens is 2. The molecule has 0 amide bonds. The molecule has 0 spiro atoms. The Morgan fingerprint density at radius 2 is 1.62 bits per heavy atom. The Balaban J connectivity index is 1.27. The van der Waals surface area contributed by atoms with E-state index in [1.807, 2.05) is 37.4 Å². The van der Waals surface area contributed by atoms with Gasteiger partial charge in [0.1, 0.15) is 12.4 Å². The zero-order valence-electron chi connectivity index (χ0n) is 21.6. The highest BCUT2D eigenvalue weighted by molar-refractivity contribution is 6.31. The summed E-state index contributed by atoms with van der Waals surface area (Å²) in [5.74, 6) is 4.99. The van der Waals surface area contributed by atoms with E-state index in [2.05, 4.69) is 42.2 Å². The van der Waals surface area contributed by atoms with Crippen LogP contribution in [0.5, 0.6) is 5.75 Å². The first kappa shape index (κ1) is 23.2. The fourth-order valence-corrected chi connectivity index (χ4v) is 8.25. The van der Waals surface area contributed by atoms with Crippen molar-refractivity contribution >= 4 is 22.5 Å². The van der Waals surface area contributed by atoms with Gasteiger partial charge in [-0.25, -0.2) is 4.98 Å². The van der Waals surface area contributed by atoms with Crippen LogP contribution < -0.4 is 4.74 Å². The van der Waals surface area contributed by atoms with Gasteiger partial charge in [0.25, 0.3) is 0 Å². The molecular weight excluding hydrogens is 476 g/mol. The Morgan fingerprint density at radius 1 is 0.892 bits per heavy atom. The van der Waals surface area contributed by atoms with Crippen molar-refractivity contribution in [1.29, 1.82) is 0 Å². The zero-order valence-corrected chi connectivity index (χ0v) is 22.3. The number of pyridine rings is 2.